The largest absolute Gasteiger partial charge is 0.465 e. The van der Waals surface area contributed by atoms with Crippen molar-refractivity contribution in [2.45, 2.75) is 18.2 Å². The smallest absolute Gasteiger partial charge is 0.339 e. The van der Waals surface area contributed by atoms with Crippen molar-refractivity contribution in [3.8, 4) is 5.69 Å². The lowest BCUT2D eigenvalue weighted by Crippen LogP contribution is -2.08. The number of carbonyl (C=O) groups is 1. The van der Waals surface area contributed by atoms with Gasteiger partial charge in [0.2, 0.25) is 0 Å². The van der Waals surface area contributed by atoms with Crippen molar-refractivity contribution >= 4 is 17.6 Å². The van der Waals surface area contributed by atoms with E-state index in [1.807, 2.05) is 35.0 Å². The lowest BCUT2D eigenvalue weighted by molar-refractivity contribution is 0.0599. The summed E-state index contributed by atoms with van der Waals surface area (Å²) in [4.78, 5) is 12.3. The Morgan fingerprint density at radius 1 is 1.50 bits per heavy atom. The van der Waals surface area contributed by atoms with Gasteiger partial charge in [-0.2, -0.15) is 5.11 Å². The molecule has 26 heavy (non-hydrogen) atoms. The van der Waals surface area contributed by atoms with Gasteiger partial charge in [-0.25, -0.2) is 10.3 Å². The van der Waals surface area contributed by atoms with E-state index in [1.165, 1.54) is 7.11 Å². The molecule has 7 heteroatoms. The van der Waals surface area contributed by atoms with E-state index in [-0.39, 0.29) is 17.8 Å². The van der Waals surface area contributed by atoms with Crippen LogP contribution in [0.1, 0.15) is 34.0 Å². The zero-order valence-electron chi connectivity index (χ0n) is 14.7. The Hall–Kier alpha value is -2.60. The number of hydrogen-bond acceptors (Lipinski definition) is 5. The molecule has 1 aromatic heterocycles. The molecule has 0 radical (unpaired) electrons. The summed E-state index contributed by atoms with van der Waals surface area (Å²) >= 11 is 5.97. The van der Waals surface area contributed by atoms with Crippen LogP contribution in [0, 0.1) is 11.4 Å². The second-order valence-electron chi connectivity index (χ2n) is 6.20. The first kappa shape index (κ1) is 18.2. The van der Waals surface area contributed by atoms with Gasteiger partial charge >= 0.3 is 5.97 Å². The molecule has 2 N–H and O–H groups in total. The van der Waals surface area contributed by atoms with E-state index in [4.69, 9.17) is 21.9 Å². The number of carbonyl (C=O) groups excluding carboxylic acids is 1. The summed E-state index contributed by atoms with van der Waals surface area (Å²) < 4.78 is 6.97. The molecule has 6 nitrogen and oxygen atoms in total. The molecule has 0 bridgehead atoms. The van der Waals surface area contributed by atoms with Gasteiger partial charge in [0.15, 0.2) is 0 Å². The number of nitrogens with zero attached hydrogens (tertiary/aromatic N) is 2. The number of halogens is 1. The molecule has 136 valence electrons. The predicted octanol–water partition coefficient (Wildman–Crippen LogP) is 4.20. The number of hydrogen-bond donors (Lipinski definition) is 2. The fourth-order valence-electron chi connectivity index (χ4n) is 3.31. The SMILES string of the molecule is CN/C=C(\N=N)[C@@H]1C[C@H]1c1c(C(=O)OC)ccn1-c1cccc(CCl)c1. The number of esters is 1. The Morgan fingerprint density at radius 2 is 2.31 bits per heavy atom. The highest BCUT2D eigenvalue weighted by atomic mass is 35.5. The zero-order chi connectivity index (χ0) is 18.7. The number of rotatable bonds is 7. The van der Waals surface area contributed by atoms with E-state index < -0.39 is 0 Å². The molecule has 1 aliphatic rings. The third-order valence-corrected chi connectivity index (χ3v) is 4.93. The average Bonchev–Trinajstić information content (AvgIpc) is 3.34. The highest BCUT2D eigenvalue weighted by molar-refractivity contribution is 6.17. The molecule has 2 atom stereocenters. The summed E-state index contributed by atoms with van der Waals surface area (Å²) in [6, 6.07) is 9.69. The van der Waals surface area contributed by atoms with Gasteiger partial charge in [0.1, 0.15) is 0 Å². The van der Waals surface area contributed by atoms with Crippen LogP contribution in [-0.4, -0.2) is 24.7 Å². The van der Waals surface area contributed by atoms with Crippen LogP contribution in [0.3, 0.4) is 0 Å². The third kappa shape index (κ3) is 3.37. The minimum Gasteiger partial charge on any atom is -0.465 e. The van der Waals surface area contributed by atoms with Gasteiger partial charge in [-0.15, -0.1) is 11.6 Å². The summed E-state index contributed by atoms with van der Waals surface area (Å²) in [5, 5.41) is 6.56. The molecule has 1 aromatic carbocycles. The fraction of sp³-hybridized carbons (Fsp3) is 0.316. The van der Waals surface area contributed by atoms with Crippen LogP contribution in [0.25, 0.3) is 5.69 Å². The molecule has 1 fully saturated rings. The number of allylic oxidation sites excluding steroid dienone is 1. The normalized spacial score (nSPS) is 19.1. The molecule has 1 heterocycles. The number of ether oxygens (including phenoxy) is 1. The summed E-state index contributed by atoms with van der Waals surface area (Å²) in [7, 11) is 3.16. The van der Waals surface area contributed by atoms with Crippen molar-refractivity contribution in [2.75, 3.05) is 14.2 Å². The first-order valence-electron chi connectivity index (χ1n) is 8.34. The minimum atomic E-state index is -0.361. The molecule has 1 saturated carbocycles. The predicted molar refractivity (Wildman–Crippen MR) is 99.8 cm³/mol. The van der Waals surface area contributed by atoms with Gasteiger partial charge in [0.05, 0.1) is 18.4 Å². The second kappa shape index (κ2) is 7.74. The van der Waals surface area contributed by atoms with E-state index in [9.17, 15) is 4.79 Å². The van der Waals surface area contributed by atoms with E-state index >= 15 is 0 Å². The molecule has 0 spiro atoms. The summed E-state index contributed by atoms with van der Waals surface area (Å²) in [5.74, 6) is 0.271. The Labute approximate surface area is 157 Å². The Bertz CT molecular complexity index is 859. The maximum absolute atomic E-state index is 12.3. The third-order valence-electron chi connectivity index (χ3n) is 4.62. The van der Waals surface area contributed by atoms with Crippen LogP contribution in [0.4, 0.5) is 0 Å². The first-order valence-corrected chi connectivity index (χ1v) is 8.87. The van der Waals surface area contributed by atoms with Crippen molar-refractivity contribution < 1.29 is 9.53 Å². The van der Waals surface area contributed by atoms with Gasteiger partial charge in [-0.1, -0.05) is 12.1 Å². The fourth-order valence-corrected chi connectivity index (χ4v) is 3.48. The minimum absolute atomic E-state index is 0.104. The summed E-state index contributed by atoms with van der Waals surface area (Å²) in [5.41, 5.74) is 11.5. The quantitative estimate of drug-likeness (QED) is 0.434. The highest BCUT2D eigenvalue weighted by Gasteiger charge is 2.45. The molecule has 0 saturated heterocycles. The molecular formula is C19H21ClN4O2. The van der Waals surface area contributed by atoms with Gasteiger partial charge in [0.25, 0.3) is 0 Å². The van der Waals surface area contributed by atoms with E-state index in [0.29, 0.717) is 17.1 Å². The van der Waals surface area contributed by atoms with Gasteiger partial charge < -0.3 is 14.6 Å². The standard InChI is InChI=1S/C19H21ClN4O2/c1-22-11-17(23-21)15-9-16(15)18-14(19(25)26-2)6-7-24(18)13-5-3-4-12(8-13)10-20/h3-8,11,15-16,21-22H,9-10H2,1-2H3/b17-11-,23-21?/t15-,16-/m1/s1. The molecule has 0 unspecified atom stereocenters. The van der Waals surface area contributed by atoms with Crippen LogP contribution in [0.5, 0.6) is 0 Å². The van der Waals surface area contributed by atoms with E-state index in [2.05, 4.69) is 10.4 Å². The van der Waals surface area contributed by atoms with Gasteiger partial charge in [-0.05, 0) is 30.2 Å². The van der Waals surface area contributed by atoms with Crippen LogP contribution >= 0.6 is 11.6 Å². The summed E-state index contributed by atoms with van der Waals surface area (Å²) in [6.45, 7) is 0. The number of aromatic nitrogens is 1. The van der Waals surface area contributed by atoms with Gasteiger partial charge in [0, 0.05) is 48.5 Å². The Kier molecular flexibility index (Phi) is 5.42. The van der Waals surface area contributed by atoms with Crippen molar-refractivity contribution in [1.82, 2.24) is 9.88 Å². The maximum atomic E-state index is 12.3. The van der Waals surface area contributed by atoms with Crippen molar-refractivity contribution in [3.05, 3.63) is 65.2 Å². The molecule has 1 aliphatic carbocycles. The molecule has 2 aromatic rings. The van der Waals surface area contributed by atoms with Gasteiger partial charge in [-0.3, -0.25) is 0 Å². The maximum Gasteiger partial charge on any atom is 0.339 e. The molecule has 3 rings (SSSR count). The highest BCUT2D eigenvalue weighted by Crippen LogP contribution is 2.53. The topological polar surface area (TPSA) is 79.5 Å². The number of benzene rings is 1. The number of methoxy groups -OCH3 is 1. The van der Waals surface area contributed by atoms with Crippen LogP contribution in [0.15, 0.2) is 53.5 Å². The lowest BCUT2D eigenvalue weighted by Gasteiger charge is -2.12. The molecule has 0 aliphatic heterocycles. The Morgan fingerprint density at radius 3 is 2.96 bits per heavy atom. The zero-order valence-corrected chi connectivity index (χ0v) is 15.5. The first-order chi connectivity index (χ1) is 12.6. The van der Waals surface area contributed by atoms with Crippen LogP contribution < -0.4 is 5.32 Å². The summed E-state index contributed by atoms with van der Waals surface area (Å²) in [6.07, 6.45) is 4.44. The number of nitrogens with one attached hydrogen (secondary N) is 2. The number of alkyl halides is 1. The van der Waals surface area contributed by atoms with Crippen molar-refractivity contribution in [3.63, 3.8) is 0 Å². The Balaban J connectivity index is 2.05. The van der Waals surface area contributed by atoms with Crippen LogP contribution in [0.2, 0.25) is 0 Å². The van der Waals surface area contributed by atoms with E-state index in [1.54, 1.807) is 19.3 Å². The molecular weight excluding hydrogens is 352 g/mol. The van der Waals surface area contributed by atoms with Crippen molar-refractivity contribution in [2.24, 2.45) is 11.0 Å². The van der Waals surface area contributed by atoms with E-state index in [0.717, 1.165) is 23.4 Å². The van der Waals surface area contributed by atoms with Crippen molar-refractivity contribution in [1.29, 1.82) is 5.53 Å². The van der Waals surface area contributed by atoms with Crippen LogP contribution in [-0.2, 0) is 10.6 Å². The lowest BCUT2D eigenvalue weighted by atomic mass is 10.1. The second-order valence-corrected chi connectivity index (χ2v) is 6.47. The average molecular weight is 373 g/mol. The monoisotopic (exact) mass is 372 g/mol. The molecule has 0 amide bonds.